The van der Waals surface area contributed by atoms with Gasteiger partial charge in [0.1, 0.15) is 0 Å². The Hall–Kier alpha value is -5.80. The topological polar surface area (TPSA) is 9.86 Å². The number of benzene rings is 7. The Balaban J connectivity index is 1.40. The minimum atomic E-state index is 0.0926. The van der Waals surface area contributed by atoms with Gasteiger partial charge in [0.05, 0.1) is 22.1 Å². The lowest BCUT2D eigenvalue weighted by Crippen LogP contribution is -2.55. The highest BCUT2D eigenvalue weighted by Gasteiger charge is 2.29. The molecule has 0 aliphatic rings. The molecule has 2 aromatic heterocycles. The predicted molar refractivity (Wildman–Crippen MR) is 221 cm³/mol. The van der Waals surface area contributed by atoms with Gasteiger partial charge in [0.15, 0.2) is 0 Å². The molecule has 0 saturated carbocycles. The molecule has 246 valence electrons. The van der Waals surface area contributed by atoms with Crippen LogP contribution >= 0.6 is 0 Å². The molecule has 0 saturated heterocycles. The fourth-order valence-electron chi connectivity index (χ4n) is 9.23. The van der Waals surface area contributed by atoms with Crippen molar-refractivity contribution in [3.05, 3.63) is 173 Å². The molecule has 0 atom stereocenters. The Morgan fingerprint density at radius 3 is 1.31 bits per heavy atom. The molecule has 0 aliphatic carbocycles. The summed E-state index contributed by atoms with van der Waals surface area (Å²) in [7, 11) is 0. The zero-order valence-corrected chi connectivity index (χ0v) is 30.3. The number of nitrogens with zero attached hydrogens (tertiary/aromatic N) is 2. The highest BCUT2D eigenvalue weighted by molar-refractivity contribution is 6.96. The number of hydrogen-bond donors (Lipinski definition) is 0. The first kappa shape index (κ1) is 31.2. The molecule has 0 spiro atoms. The summed E-state index contributed by atoms with van der Waals surface area (Å²) in [6.45, 7) is 13.7. The summed E-state index contributed by atoms with van der Waals surface area (Å²) in [6, 6.07) is 52.0. The maximum Gasteiger partial charge on any atom is 0.242 e. The van der Waals surface area contributed by atoms with Gasteiger partial charge in [0, 0.05) is 32.9 Å². The van der Waals surface area contributed by atoms with Crippen LogP contribution in [0.4, 0.5) is 0 Å². The fraction of sp³-hybridized carbons (Fsp3) is 0.125. The Labute approximate surface area is 300 Å². The summed E-state index contributed by atoms with van der Waals surface area (Å²) in [6.07, 6.45) is 0. The summed E-state index contributed by atoms with van der Waals surface area (Å²) in [5, 5.41) is 5.04. The lowest BCUT2D eigenvalue weighted by molar-refractivity contribution is 1.15. The molecule has 2 nitrogen and oxygen atoms in total. The Kier molecular flexibility index (Phi) is 7.29. The van der Waals surface area contributed by atoms with Gasteiger partial charge in [-0.3, -0.25) is 0 Å². The standard InChI is InChI=1S/C48H41BN2/c1-30-25-32(3)45(33(4)26-30)49(46-34(5)27-31(2)28-35(46)6)36-15-14-18-38(29-36)51-44-22-13-11-20-40(44)42-24-23-41-39-19-10-12-21-43(39)50(47(41)48(42)51)37-16-8-7-9-17-37/h7-29H,1-6H3. The number of fused-ring (bicyclic) bond motifs is 7. The highest BCUT2D eigenvalue weighted by atomic mass is 15.0. The first-order chi connectivity index (χ1) is 24.8. The highest BCUT2D eigenvalue weighted by Crippen LogP contribution is 2.41. The van der Waals surface area contributed by atoms with E-state index in [9.17, 15) is 0 Å². The molecule has 2 heterocycles. The van der Waals surface area contributed by atoms with Crippen molar-refractivity contribution in [2.45, 2.75) is 41.5 Å². The van der Waals surface area contributed by atoms with Gasteiger partial charge < -0.3 is 9.13 Å². The molecule has 0 N–H and O–H groups in total. The van der Waals surface area contributed by atoms with Gasteiger partial charge >= 0.3 is 0 Å². The van der Waals surface area contributed by atoms with Crippen LogP contribution in [0, 0.1) is 41.5 Å². The van der Waals surface area contributed by atoms with Crippen molar-refractivity contribution >= 4 is 66.7 Å². The van der Waals surface area contributed by atoms with E-state index in [2.05, 4.69) is 190 Å². The summed E-state index contributed by atoms with van der Waals surface area (Å²) in [4.78, 5) is 0. The van der Waals surface area contributed by atoms with Crippen LogP contribution in [0.3, 0.4) is 0 Å². The molecule has 9 aromatic rings. The molecule has 0 radical (unpaired) electrons. The number of hydrogen-bond acceptors (Lipinski definition) is 0. The lowest BCUT2D eigenvalue weighted by Gasteiger charge is -2.25. The largest absolute Gasteiger partial charge is 0.307 e. The van der Waals surface area contributed by atoms with E-state index in [1.165, 1.54) is 99.1 Å². The quantitative estimate of drug-likeness (QED) is 0.163. The van der Waals surface area contributed by atoms with Crippen molar-refractivity contribution in [2.75, 3.05) is 0 Å². The number of rotatable bonds is 5. The molecule has 0 fully saturated rings. The van der Waals surface area contributed by atoms with E-state index in [0.29, 0.717) is 0 Å². The van der Waals surface area contributed by atoms with Crippen molar-refractivity contribution in [3.63, 3.8) is 0 Å². The second-order valence-electron chi connectivity index (χ2n) is 14.6. The molecule has 0 unspecified atom stereocenters. The molecular weight excluding hydrogens is 615 g/mol. The van der Waals surface area contributed by atoms with Crippen molar-refractivity contribution < 1.29 is 0 Å². The fourth-order valence-corrected chi connectivity index (χ4v) is 9.23. The van der Waals surface area contributed by atoms with Crippen LogP contribution in [0.5, 0.6) is 0 Å². The van der Waals surface area contributed by atoms with Gasteiger partial charge in [-0.2, -0.15) is 0 Å². The van der Waals surface area contributed by atoms with E-state index in [4.69, 9.17) is 0 Å². The van der Waals surface area contributed by atoms with Gasteiger partial charge in [-0.1, -0.05) is 153 Å². The third-order valence-electron chi connectivity index (χ3n) is 11.0. The molecule has 0 aliphatic heterocycles. The van der Waals surface area contributed by atoms with Gasteiger partial charge in [-0.25, -0.2) is 0 Å². The van der Waals surface area contributed by atoms with Crippen molar-refractivity contribution in [1.82, 2.24) is 9.13 Å². The summed E-state index contributed by atoms with van der Waals surface area (Å²) in [5.74, 6) is 0. The minimum absolute atomic E-state index is 0.0926. The van der Waals surface area contributed by atoms with Gasteiger partial charge in [-0.05, 0) is 77.9 Å². The summed E-state index contributed by atoms with van der Waals surface area (Å²) < 4.78 is 4.99. The summed E-state index contributed by atoms with van der Waals surface area (Å²) in [5.41, 5.74) is 19.3. The second kappa shape index (κ2) is 11.9. The smallest absolute Gasteiger partial charge is 0.242 e. The molecule has 51 heavy (non-hydrogen) atoms. The second-order valence-corrected chi connectivity index (χ2v) is 14.6. The van der Waals surface area contributed by atoms with E-state index in [1.54, 1.807) is 0 Å². The zero-order valence-electron chi connectivity index (χ0n) is 30.3. The average Bonchev–Trinajstić information content (AvgIpc) is 3.64. The van der Waals surface area contributed by atoms with Crippen LogP contribution in [0.15, 0.2) is 140 Å². The van der Waals surface area contributed by atoms with Gasteiger partial charge in [-0.15, -0.1) is 0 Å². The van der Waals surface area contributed by atoms with Crippen molar-refractivity contribution in [2.24, 2.45) is 0 Å². The first-order valence-electron chi connectivity index (χ1n) is 18.1. The van der Waals surface area contributed by atoms with E-state index in [0.717, 1.165) is 5.69 Å². The third-order valence-corrected chi connectivity index (χ3v) is 11.0. The minimum Gasteiger partial charge on any atom is -0.307 e. The normalized spacial score (nSPS) is 11.7. The molecule has 9 rings (SSSR count). The SMILES string of the molecule is Cc1cc(C)c(B(c2cccc(-n3c4ccccc4c4ccc5c6ccccc6n(-c6ccccc6)c5c43)c2)c2c(C)cc(C)cc2C)c(C)c1. The molecule has 7 aromatic carbocycles. The monoisotopic (exact) mass is 656 g/mol. The number of aryl methyl sites for hydroxylation is 6. The number of aromatic nitrogens is 2. The maximum absolute atomic E-state index is 2.52. The molecular formula is C48H41BN2. The molecule has 0 bridgehead atoms. The Bertz CT molecular complexity index is 2710. The van der Waals surface area contributed by atoms with Crippen LogP contribution in [-0.2, 0) is 0 Å². The average molecular weight is 657 g/mol. The molecule has 0 amide bonds. The Morgan fingerprint density at radius 2 is 0.804 bits per heavy atom. The van der Waals surface area contributed by atoms with Crippen LogP contribution in [0.25, 0.3) is 55.0 Å². The van der Waals surface area contributed by atoms with Crippen LogP contribution in [0.1, 0.15) is 33.4 Å². The van der Waals surface area contributed by atoms with E-state index in [1.807, 2.05) is 0 Å². The van der Waals surface area contributed by atoms with Crippen LogP contribution in [0.2, 0.25) is 0 Å². The van der Waals surface area contributed by atoms with Crippen molar-refractivity contribution in [1.29, 1.82) is 0 Å². The van der Waals surface area contributed by atoms with Crippen molar-refractivity contribution in [3.8, 4) is 11.4 Å². The van der Waals surface area contributed by atoms with Gasteiger partial charge in [0.2, 0.25) is 6.71 Å². The van der Waals surface area contributed by atoms with Crippen LogP contribution < -0.4 is 16.4 Å². The summed E-state index contributed by atoms with van der Waals surface area (Å²) >= 11 is 0. The lowest BCUT2D eigenvalue weighted by atomic mass is 9.34. The van der Waals surface area contributed by atoms with Crippen LogP contribution in [-0.4, -0.2) is 15.8 Å². The maximum atomic E-state index is 2.52. The number of para-hydroxylation sites is 3. The predicted octanol–water partition coefficient (Wildman–Crippen LogP) is 10.2. The van der Waals surface area contributed by atoms with E-state index >= 15 is 0 Å². The zero-order chi connectivity index (χ0) is 35.0. The Morgan fingerprint density at radius 1 is 0.373 bits per heavy atom. The first-order valence-corrected chi connectivity index (χ1v) is 18.1. The molecule has 3 heteroatoms. The van der Waals surface area contributed by atoms with E-state index < -0.39 is 0 Å². The van der Waals surface area contributed by atoms with Gasteiger partial charge in [0.25, 0.3) is 0 Å². The third kappa shape index (κ3) is 4.87. The van der Waals surface area contributed by atoms with E-state index in [-0.39, 0.29) is 6.71 Å².